The van der Waals surface area contributed by atoms with Crippen molar-refractivity contribution in [2.24, 2.45) is 29.6 Å². The molecule has 2 rings (SSSR count). The molecule has 2 saturated heterocycles. The lowest BCUT2D eigenvalue weighted by Crippen LogP contribution is -2.57. The minimum Gasteiger partial charge on any atom is -0.459 e. The molecule has 314 valence electrons. The third kappa shape index (κ3) is 13.9. The zero-order valence-electron chi connectivity index (χ0n) is 37.5. The Hall–Kier alpha value is -0.376. The summed E-state index contributed by atoms with van der Waals surface area (Å²) in [4.78, 5) is 26.7. The van der Waals surface area contributed by atoms with Crippen molar-refractivity contribution in [3.05, 3.63) is 22.3 Å². The van der Waals surface area contributed by atoms with Crippen LogP contribution in [0.5, 0.6) is 0 Å². The van der Waals surface area contributed by atoms with Crippen LogP contribution in [0.25, 0.3) is 0 Å². The molecule has 7 nitrogen and oxygen atoms in total. The molecule has 0 N–H and O–H groups in total. The number of carbonyl (C=O) groups is 2. The number of ether oxygens (including phenoxy) is 3. The number of rotatable bonds is 18. The van der Waals surface area contributed by atoms with E-state index in [1.807, 2.05) is 26.8 Å². The summed E-state index contributed by atoms with van der Waals surface area (Å²) < 4.78 is 36.3. The molecule has 10 heteroatoms. The van der Waals surface area contributed by atoms with Gasteiger partial charge in [0.25, 0.3) is 0 Å². The van der Waals surface area contributed by atoms with Gasteiger partial charge in [0.1, 0.15) is 11.9 Å². The monoisotopic (exact) mass is 904 g/mol. The minimum absolute atomic E-state index is 0.00518. The number of Topliss-reactive ketones (excluding diaryl/α,β-unsaturated/α-hetero) is 1. The third-order valence-corrected chi connectivity index (χ3v) is 23.0. The Labute approximate surface area is 347 Å². The summed E-state index contributed by atoms with van der Waals surface area (Å²) in [7, 11) is -4.13. The topological polar surface area (TPSA) is 80.3 Å². The van der Waals surface area contributed by atoms with Gasteiger partial charge in [0, 0.05) is 49.2 Å². The zero-order valence-corrected chi connectivity index (χ0v) is 41.6. The van der Waals surface area contributed by atoms with Gasteiger partial charge < -0.3 is 23.1 Å². The average molecular weight is 905 g/mol. The van der Waals surface area contributed by atoms with E-state index in [1.165, 1.54) is 0 Å². The highest BCUT2D eigenvalue weighted by Gasteiger charge is 2.52. The number of ketones is 1. The molecule has 0 amide bonds. The quantitative estimate of drug-likeness (QED) is 0.0586. The van der Waals surface area contributed by atoms with E-state index in [0.29, 0.717) is 24.7 Å². The molecule has 0 aromatic rings. The van der Waals surface area contributed by atoms with Crippen molar-refractivity contribution >= 4 is 51.0 Å². The molecule has 0 aromatic heterocycles. The number of hydrogen-bond acceptors (Lipinski definition) is 7. The fourth-order valence-electron chi connectivity index (χ4n) is 7.42. The predicted octanol–water partition coefficient (Wildman–Crippen LogP) is 12.6. The molecule has 0 bridgehead atoms. The Morgan fingerprint density at radius 1 is 0.907 bits per heavy atom. The predicted molar refractivity (Wildman–Crippen MR) is 238 cm³/mol. The van der Waals surface area contributed by atoms with E-state index < -0.39 is 22.4 Å². The van der Waals surface area contributed by atoms with E-state index in [-0.39, 0.29) is 70.1 Å². The van der Waals surface area contributed by atoms with Crippen molar-refractivity contribution in [2.75, 3.05) is 0 Å². The molecule has 54 heavy (non-hydrogen) atoms. The molecule has 0 aromatic carbocycles. The van der Waals surface area contributed by atoms with Crippen molar-refractivity contribution in [3.63, 3.8) is 0 Å². The van der Waals surface area contributed by atoms with E-state index in [0.717, 1.165) is 38.5 Å². The Balaban J connectivity index is 2.36. The number of hydrogen-bond donors (Lipinski definition) is 0. The first-order valence-electron chi connectivity index (χ1n) is 21.1. The van der Waals surface area contributed by atoms with Crippen LogP contribution in [0.1, 0.15) is 141 Å². The van der Waals surface area contributed by atoms with Gasteiger partial charge in [-0.3, -0.25) is 4.79 Å². The number of halogens is 1. The van der Waals surface area contributed by atoms with Gasteiger partial charge in [-0.25, -0.2) is 4.79 Å². The maximum atomic E-state index is 13.7. The van der Waals surface area contributed by atoms with Crippen LogP contribution in [-0.4, -0.2) is 64.7 Å². The lowest BCUT2D eigenvalue weighted by atomic mass is 9.80. The first-order valence-corrected chi connectivity index (χ1v) is 28.2. The molecular formula is C44H81IO7Si2. The third-order valence-electron chi connectivity index (χ3n) is 13.5. The summed E-state index contributed by atoms with van der Waals surface area (Å²) in [6, 6.07) is 0. The standard InChI is InChI=1S/C44H81IO7Si2/c1-18-35(25-27-45)21-22-37-34(7)39(29-44(49-37)26-24-30(3)38(50-44)28-32(5)51-53(14,15)42(8,9)10)48-40(47)23-20-31(4)41(33(6)36(46)19-2)52-54(16,17)43(11,12)13/h20,23,25,27,30-35,37-39,41H,18-19,21-22,24,26,28-29H2,1-17H3/b23-20+,27-25+/t30-,31-,32+,33+,34+,35+,37-,38-,39-,41+,44-/m0/s1. The fraction of sp³-hybridized carbons (Fsp3) is 0.864. The van der Waals surface area contributed by atoms with Gasteiger partial charge in [0.15, 0.2) is 22.4 Å². The summed E-state index contributed by atoms with van der Waals surface area (Å²) in [5.41, 5.74) is 0. The lowest BCUT2D eigenvalue weighted by molar-refractivity contribution is -0.347. The highest BCUT2D eigenvalue weighted by Crippen LogP contribution is 2.47. The van der Waals surface area contributed by atoms with Crippen LogP contribution in [0.2, 0.25) is 36.3 Å². The second-order valence-corrected chi connectivity index (χ2v) is 30.2. The molecule has 1 spiro atoms. The van der Waals surface area contributed by atoms with Gasteiger partial charge >= 0.3 is 5.97 Å². The smallest absolute Gasteiger partial charge is 0.330 e. The van der Waals surface area contributed by atoms with Crippen molar-refractivity contribution in [2.45, 2.75) is 214 Å². The molecule has 2 aliphatic heterocycles. The number of carbonyl (C=O) groups excluding carboxylic acids is 2. The molecule has 0 aliphatic carbocycles. The molecule has 2 heterocycles. The van der Waals surface area contributed by atoms with E-state index in [4.69, 9.17) is 23.1 Å². The van der Waals surface area contributed by atoms with Gasteiger partial charge in [-0.05, 0) is 91.2 Å². The normalized spacial score (nSPS) is 29.0. The molecule has 0 saturated carbocycles. The molecule has 2 aliphatic rings. The van der Waals surface area contributed by atoms with Gasteiger partial charge in [0.2, 0.25) is 0 Å². The largest absolute Gasteiger partial charge is 0.459 e. The van der Waals surface area contributed by atoms with Crippen molar-refractivity contribution in [1.29, 1.82) is 0 Å². The Morgan fingerprint density at radius 3 is 2.02 bits per heavy atom. The number of esters is 1. The van der Waals surface area contributed by atoms with Gasteiger partial charge in [-0.15, -0.1) is 0 Å². The molecular weight excluding hydrogens is 824 g/mol. The minimum atomic E-state index is -2.19. The fourth-order valence-corrected chi connectivity index (χ4v) is 10.9. The van der Waals surface area contributed by atoms with Crippen molar-refractivity contribution in [1.82, 2.24) is 0 Å². The first kappa shape index (κ1) is 49.8. The van der Waals surface area contributed by atoms with Crippen molar-refractivity contribution in [3.8, 4) is 0 Å². The summed E-state index contributed by atoms with van der Waals surface area (Å²) in [5, 5.41) is 0.124. The second kappa shape index (κ2) is 20.5. The Bertz CT molecular complexity index is 1250. The van der Waals surface area contributed by atoms with Crippen molar-refractivity contribution < 1.29 is 32.7 Å². The maximum absolute atomic E-state index is 13.7. The highest BCUT2D eigenvalue weighted by atomic mass is 127. The Morgan fingerprint density at radius 2 is 1.48 bits per heavy atom. The summed E-state index contributed by atoms with van der Waals surface area (Å²) in [6.07, 6.45) is 11.5. The van der Waals surface area contributed by atoms with Crippen LogP contribution in [0, 0.1) is 29.6 Å². The number of allylic oxidation sites excluding steroid dienone is 1. The van der Waals surface area contributed by atoms with Crippen LogP contribution in [-0.2, 0) is 32.7 Å². The molecule has 2 fully saturated rings. The van der Waals surface area contributed by atoms with E-state index in [1.54, 1.807) is 6.08 Å². The van der Waals surface area contributed by atoms with E-state index in [9.17, 15) is 9.59 Å². The van der Waals surface area contributed by atoms with Crippen LogP contribution in [0.4, 0.5) is 0 Å². The van der Waals surface area contributed by atoms with Crippen LogP contribution < -0.4 is 0 Å². The SMILES string of the molecule is CCC(=O)[C@@H](C)[C@H](O[Si](C)(C)C(C)(C)C)[C@@H](C)/C=C/C(=O)O[C@H]1C[C@@]2(CC[C@H](C)[C@H](C[C@@H](C)O[Si](C)(C)C(C)(C)C)O2)O[C@@H](CC[C@H](/C=C/I)CC)[C@H]1C. The summed E-state index contributed by atoms with van der Waals surface area (Å²) in [5.74, 6) is -0.594. The van der Waals surface area contributed by atoms with Crippen LogP contribution >= 0.6 is 22.6 Å². The van der Waals surface area contributed by atoms with Gasteiger partial charge in [-0.1, -0.05) is 118 Å². The lowest BCUT2D eigenvalue weighted by Gasteiger charge is -2.52. The highest BCUT2D eigenvalue weighted by molar-refractivity contribution is 14.1. The van der Waals surface area contributed by atoms with E-state index in [2.05, 4.69) is 128 Å². The van der Waals surface area contributed by atoms with E-state index >= 15 is 0 Å². The van der Waals surface area contributed by atoms with Gasteiger partial charge in [-0.2, -0.15) is 0 Å². The summed E-state index contributed by atoms with van der Waals surface area (Å²) in [6.45, 7) is 37.3. The Kier molecular flexibility index (Phi) is 18.9. The summed E-state index contributed by atoms with van der Waals surface area (Å²) >= 11 is 2.30. The van der Waals surface area contributed by atoms with Gasteiger partial charge in [0.05, 0.1) is 18.3 Å². The molecule has 0 unspecified atom stereocenters. The average Bonchev–Trinajstić information content (AvgIpc) is 3.06. The second-order valence-electron chi connectivity index (χ2n) is 19.9. The van der Waals surface area contributed by atoms with Crippen LogP contribution in [0.3, 0.4) is 0 Å². The molecule has 11 atom stereocenters. The first-order chi connectivity index (χ1) is 24.7. The molecule has 0 radical (unpaired) electrons. The maximum Gasteiger partial charge on any atom is 0.330 e. The zero-order chi connectivity index (χ0) is 41.4. The van der Waals surface area contributed by atoms with Crippen LogP contribution in [0.15, 0.2) is 22.3 Å².